The SMILES string of the molecule is COC(=O)c1ccc(CN[C@@H]2[C@H](CO)N(CC3CCCC3)[C@@](C)(C(=O)Nc3cccc(Cl)c3)[C@H]2c2cccc(Cl)c2F)c([N+](=O)[O-])c1. The van der Waals surface area contributed by atoms with Crippen LogP contribution in [0.2, 0.25) is 10.0 Å². The van der Waals surface area contributed by atoms with E-state index < -0.39 is 46.2 Å². The van der Waals surface area contributed by atoms with Crippen molar-refractivity contribution in [1.82, 2.24) is 10.2 Å². The van der Waals surface area contributed by atoms with Gasteiger partial charge in [0.1, 0.15) is 11.4 Å². The molecule has 2 fully saturated rings. The molecule has 1 heterocycles. The number of aliphatic hydroxyl groups is 1. The quantitative estimate of drug-likeness (QED) is 0.121. The van der Waals surface area contributed by atoms with Crippen LogP contribution in [-0.2, 0) is 16.1 Å². The Bertz CT molecular complexity index is 1650. The Labute approximate surface area is 282 Å². The van der Waals surface area contributed by atoms with Crippen molar-refractivity contribution < 1.29 is 28.7 Å². The third-order valence-electron chi connectivity index (χ3n) is 9.58. The van der Waals surface area contributed by atoms with E-state index in [1.165, 1.54) is 25.3 Å². The summed E-state index contributed by atoms with van der Waals surface area (Å²) in [5.41, 5.74) is -0.848. The molecular formula is C34H37Cl2FN4O6. The van der Waals surface area contributed by atoms with Gasteiger partial charge in [0.15, 0.2) is 0 Å². The number of nitrogens with one attached hydrogen (secondary N) is 2. The second-order valence-corrected chi connectivity index (χ2v) is 13.1. The topological polar surface area (TPSA) is 134 Å². The van der Waals surface area contributed by atoms with Crippen LogP contribution in [0.1, 0.15) is 60.0 Å². The van der Waals surface area contributed by atoms with Crippen LogP contribution < -0.4 is 10.6 Å². The molecule has 1 saturated carbocycles. The molecule has 3 aromatic carbocycles. The second kappa shape index (κ2) is 14.7. The Morgan fingerprint density at radius 3 is 2.51 bits per heavy atom. The predicted molar refractivity (Wildman–Crippen MR) is 177 cm³/mol. The van der Waals surface area contributed by atoms with Crippen LogP contribution in [-0.4, -0.2) is 64.7 Å². The van der Waals surface area contributed by atoms with Crippen molar-refractivity contribution in [2.45, 2.75) is 62.7 Å². The fourth-order valence-electron chi connectivity index (χ4n) is 7.26. The van der Waals surface area contributed by atoms with Gasteiger partial charge in [0.05, 0.1) is 29.2 Å². The van der Waals surface area contributed by atoms with E-state index in [-0.39, 0.29) is 46.5 Å². The lowest BCUT2D eigenvalue weighted by Gasteiger charge is -2.41. The number of esters is 1. The molecule has 10 nitrogen and oxygen atoms in total. The molecule has 0 aromatic heterocycles. The highest BCUT2D eigenvalue weighted by Gasteiger charge is 2.61. The first-order chi connectivity index (χ1) is 22.5. The zero-order chi connectivity index (χ0) is 33.9. The number of benzene rings is 3. The molecular weight excluding hydrogens is 650 g/mol. The fourth-order valence-corrected chi connectivity index (χ4v) is 7.63. The molecule has 3 N–H and O–H groups in total. The van der Waals surface area contributed by atoms with E-state index in [1.807, 2.05) is 4.90 Å². The minimum atomic E-state index is -1.43. The van der Waals surface area contributed by atoms with Crippen molar-refractivity contribution in [3.05, 3.63) is 103 Å². The van der Waals surface area contributed by atoms with Crippen LogP contribution in [0.25, 0.3) is 0 Å². The Morgan fingerprint density at radius 2 is 1.85 bits per heavy atom. The number of ether oxygens (including phenoxy) is 1. The van der Waals surface area contributed by atoms with Crippen LogP contribution in [0, 0.1) is 21.8 Å². The van der Waals surface area contributed by atoms with Crippen molar-refractivity contribution in [3.8, 4) is 0 Å². The normalized spacial score (nSPS) is 23.1. The summed E-state index contributed by atoms with van der Waals surface area (Å²) in [6.45, 7) is 1.74. The molecule has 0 unspecified atom stereocenters. The third-order valence-corrected chi connectivity index (χ3v) is 10.1. The van der Waals surface area contributed by atoms with Crippen LogP contribution in [0.15, 0.2) is 60.7 Å². The number of halogens is 3. The van der Waals surface area contributed by atoms with Crippen molar-refractivity contribution in [2.24, 2.45) is 5.92 Å². The second-order valence-electron chi connectivity index (χ2n) is 12.3. The Balaban J connectivity index is 1.62. The average molecular weight is 688 g/mol. The van der Waals surface area contributed by atoms with Gasteiger partial charge >= 0.3 is 5.97 Å². The summed E-state index contributed by atoms with van der Waals surface area (Å²) in [5, 5.41) is 29.7. The molecule has 1 saturated heterocycles. The van der Waals surface area contributed by atoms with E-state index in [9.17, 15) is 24.8 Å². The number of aliphatic hydroxyl groups excluding tert-OH is 1. The van der Waals surface area contributed by atoms with Crippen LogP contribution in [0.3, 0.4) is 0 Å². The van der Waals surface area contributed by atoms with E-state index in [0.717, 1.165) is 31.7 Å². The fraction of sp³-hybridized carbons (Fsp3) is 0.412. The van der Waals surface area contributed by atoms with Gasteiger partial charge in [0.25, 0.3) is 5.69 Å². The van der Waals surface area contributed by atoms with Gasteiger partial charge in [-0.1, -0.05) is 60.3 Å². The highest BCUT2D eigenvalue weighted by Crippen LogP contribution is 2.49. The summed E-state index contributed by atoms with van der Waals surface area (Å²) in [5.74, 6) is -2.51. The summed E-state index contributed by atoms with van der Waals surface area (Å²) < 4.78 is 20.8. The van der Waals surface area contributed by atoms with Crippen molar-refractivity contribution >= 4 is 46.5 Å². The van der Waals surface area contributed by atoms with Crippen LogP contribution >= 0.6 is 23.2 Å². The first-order valence-electron chi connectivity index (χ1n) is 15.5. The zero-order valence-corrected chi connectivity index (χ0v) is 27.6. The molecule has 0 bridgehead atoms. The van der Waals surface area contributed by atoms with E-state index >= 15 is 4.39 Å². The lowest BCUT2D eigenvalue weighted by atomic mass is 9.77. The van der Waals surface area contributed by atoms with E-state index in [0.29, 0.717) is 17.3 Å². The third kappa shape index (κ3) is 7.00. The molecule has 1 aliphatic heterocycles. The maximum Gasteiger partial charge on any atom is 0.338 e. The van der Waals surface area contributed by atoms with Gasteiger partial charge in [0.2, 0.25) is 5.91 Å². The van der Waals surface area contributed by atoms with E-state index in [2.05, 4.69) is 10.6 Å². The number of nitro benzene ring substituents is 1. The standard InChI is InChI=1S/C34H37Cl2FN4O6/c1-34(33(44)39-24-10-5-9-23(35)16-24)29(25-11-6-12-26(36)30(25)37)31(28(19-42)40(34)18-20-7-3-4-8-20)38-17-22-14-13-21(32(43)47-2)15-27(22)41(45)46/h5-6,9-16,20,28-29,31,38,42H,3-4,7-8,17-19H2,1-2H3,(H,39,44)/t28-,29-,31+,34+/m0/s1. The molecule has 47 heavy (non-hydrogen) atoms. The van der Waals surface area contributed by atoms with Crippen molar-refractivity contribution in [1.29, 1.82) is 0 Å². The number of nitrogens with zero attached hydrogens (tertiary/aromatic N) is 2. The number of hydrogen-bond donors (Lipinski definition) is 3. The molecule has 250 valence electrons. The van der Waals surface area contributed by atoms with Gasteiger partial charge in [-0.05, 0) is 61.6 Å². The maximum absolute atomic E-state index is 16.0. The molecule has 13 heteroatoms. The van der Waals surface area contributed by atoms with Gasteiger partial charge < -0.3 is 20.5 Å². The summed E-state index contributed by atoms with van der Waals surface area (Å²) in [6, 6.07) is 13.9. The molecule has 2 aliphatic rings. The number of amides is 1. The van der Waals surface area contributed by atoms with Gasteiger partial charge in [-0.15, -0.1) is 0 Å². The van der Waals surface area contributed by atoms with E-state index in [1.54, 1.807) is 43.3 Å². The van der Waals surface area contributed by atoms with Gasteiger partial charge in [-0.3, -0.25) is 19.8 Å². The molecule has 3 aromatic rings. The van der Waals surface area contributed by atoms with Crippen LogP contribution in [0.5, 0.6) is 0 Å². The smallest absolute Gasteiger partial charge is 0.338 e. The summed E-state index contributed by atoms with van der Waals surface area (Å²) in [7, 11) is 1.19. The molecule has 1 aliphatic carbocycles. The van der Waals surface area contributed by atoms with Gasteiger partial charge in [-0.2, -0.15) is 0 Å². The first kappa shape index (κ1) is 34.7. The highest BCUT2D eigenvalue weighted by molar-refractivity contribution is 6.31. The van der Waals surface area contributed by atoms with Crippen molar-refractivity contribution in [2.75, 3.05) is 25.6 Å². The number of carbonyl (C=O) groups is 2. The molecule has 5 rings (SSSR count). The predicted octanol–water partition coefficient (Wildman–Crippen LogP) is 6.33. The molecule has 0 spiro atoms. The monoisotopic (exact) mass is 686 g/mol. The van der Waals surface area contributed by atoms with Gasteiger partial charge in [-0.25, -0.2) is 9.18 Å². The number of anilines is 1. The Hall–Kier alpha value is -3.61. The number of hydrogen-bond acceptors (Lipinski definition) is 8. The minimum Gasteiger partial charge on any atom is -0.465 e. The Kier molecular flexibility index (Phi) is 10.8. The molecule has 0 radical (unpaired) electrons. The zero-order valence-electron chi connectivity index (χ0n) is 26.0. The number of methoxy groups -OCH3 is 1. The number of likely N-dealkylation sites (tertiary alicyclic amines) is 1. The van der Waals surface area contributed by atoms with Crippen LogP contribution in [0.4, 0.5) is 15.8 Å². The highest BCUT2D eigenvalue weighted by atomic mass is 35.5. The van der Waals surface area contributed by atoms with E-state index in [4.69, 9.17) is 27.9 Å². The summed E-state index contributed by atoms with van der Waals surface area (Å²) in [4.78, 5) is 40.1. The molecule has 1 amide bonds. The van der Waals surface area contributed by atoms with Crippen molar-refractivity contribution in [3.63, 3.8) is 0 Å². The maximum atomic E-state index is 16.0. The summed E-state index contributed by atoms with van der Waals surface area (Å²) >= 11 is 12.5. The number of nitro groups is 1. The largest absolute Gasteiger partial charge is 0.465 e. The average Bonchev–Trinajstić information content (AvgIpc) is 3.65. The number of rotatable bonds is 11. The molecule has 4 atom stereocenters. The van der Waals surface area contributed by atoms with Gasteiger partial charge in [0, 0.05) is 53.4 Å². The first-order valence-corrected chi connectivity index (χ1v) is 16.2. The summed E-state index contributed by atoms with van der Waals surface area (Å²) in [6.07, 6.45) is 4.00. The lowest BCUT2D eigenvalue weighted by molar-refractivity contribution is -0.385. The number of carbonyl (C=O) groups excluding carboxylic acids is 2. The lowest BCUT2D eigenvalue weighted by Crippen LogP contribution is -2.57. The Morgan fingerprint density at radius 1 is 1.13 bits per heavy atom. The minimum absolute atomic E-state index is 0.0175.